The van der Waals surface area contributed by atoms with E-state index in [0.29, 0.717) is 0 Å². The second-order valence-corrected chi connectivity index (χ2v) is 5.69. The average molecular weight is 268 g/mol. The number of pyridine rings is 1. The molecule has 3 heteroatoms. The number of nitrogens with one attached hydrogen (secondary N) is 1. The molecule has 0 bridgehead atoms. The van der Waals surface area contributed by atoms with Crippen molar-refractivity contribution < 1.29 is 0 Å². The van der Waals surface area contributed by atoms with Gasteiger partial charge < -0.3 is 5.32 Å². The molecule has 3 rings (SSSR count). The molecule has 0 radical (unpaired) electrons. The highest BCUT2D eigenvalue weighted by Crippen LogP contribution is 2.15. The van der Waals surface area contributed by atoms with Crippen LogP contribution in [0.3, 0.4) is 0 Å². The normalized spacial score (nSPS) is 11.0. The number of benzene rings is 1. The first kappa shape index (κ1) is 12.3. The summed E-state index contributed by atoms with van der Waals surface area (Å²) in [6, 6.07) is 14.9. The Morgan fingerprint density at radius 1 is 1.11 bits per heavy atom. The standard InChI is InChI=1S/C16H16N2S/c1-12-4-6-14-9-13(5-7-16(14)18-12)10-17-11-15-3-2-8-19-15/h2-9,17H,10-11H2,1H3. The van der Waals surface area contributed by atoms with Crippen LogP contribution in [0.15, 0.2) is 47.8 Å². The van der Waals surface area contributed by atoms with Crippen LogP contribution in [0.2, 0.25) is 0 Å². The molecular weight excluding hydrogens is 252 g/mol. The van der Waals surface area contributed by atoms with Crippen LogP contribution in [0.25, 0.3) is 10.9 Å². The summed E-state index contributed by atoms with van der Waals surface area (Å²) >= 11 is 1.79. The molecule has 0 aliphatic heterocycles. The third-order valence-corrected chi connectivity index (χ3v) is 3.98. The van der Waals surface area contributed by atoms with E-state index < -0.39 is 0 Å². The fraction of sp³-hybridized carbons (Fsp3) is 0.188. The number of hydrogen-bond donors (Lipinski definition) is 1. The van der Waals surface area contributed by atoms with Crippen LogP contribution in [0.5, 0.6) is 0 Å². The zero-order valence-corrected chi connectivity index (χ0v) is 11.7. The van der Waals surface area contributed by atoms with Gasteiger partial charge in [0.25, 0.3) is 0 Å². The summed E-state index contributed by atoms with van der Waals surface area (Å²) in [4.78, 5) is 5.89. The third kappa shape index (κ3) is 3.00. The van der Waals surface area contributed by atoms with Gasteiger partial charge in [0.2, 0.25) is 0 Å². The van der Waals surface area contributed by atoms with Crippen molar-refractivity contribution in [1.29, 1.82) is 0 Å². The van der Waals surface area contributed by atoms with Crippen LogP contribution in [0.1, 0.15) is 16.1 Å². The molecule has 0 fully saturated rings. The van der Waals surface area contributed by atoms with E-state index in [1.165, 1.54) is 15.8 Å². The second kappa shape index (κ2) is 5.51. The van der Waals surface area contributed by atoms with Crippen molar-refractivity contribution in [3.63, 3.8) is 0 Å². The highest BCUT2D eigenvalue weighted by atomic mass is 32.1. The van der Waals surface area contributed by atoms with Gasteiger partial charge in [-0.25, -0.2) is 0 Å². The van der Waals surface area contributed by atoms with Crippen LogP contribution >= 0.6 is 11.3 Å². The molecule has 0 spiro atoms. The fourth-order valence-corrected chi connectivity index (χ4v) is 2.80. The quantitative estimate of drug-likeness (QED) is 0.776. The lowest BCUT2D eigenvalue weighted by molar-refractivity contribution is 0.701. The van der Waals surface area contributed by atoms with Crippen molar-refractivity contribution in [2.75, 3.05) is 0 Å². The minimum atomic E-state index is 0.891. The van der Waals surface area contributed by atoms with E-state index in [2.05, 4.69) is 58.1 Å². The van der Waals surface area contributed by atoms with Crippen molar-refractivity contribution in [3.8, 4) is 0 Å². The van der Waals surface area contributed by atoms with Gasteiger partial charge in [0, 0.05) is 29.0 Å². The molecule has 3 aromatic rings. The minimum absolute atomic E-state index is 0.891. The number of rotatable bonds is 4. The summed E-state index contributed by atoms with van der Waals surface area (Å²) in [6.07, 6.45) is 0. The van der Waals surface area contributed by atoms with Crippen molar-refractivity contribution in [1.82, 2.24) is 10.3 Å². The Kier molecular flexibility index (Phi) is 3.58. The fourth-order valence-electron chi connectivity index (χ4n) is 2.13. The molecule has 19 heavy (non-hydrogen) atoms. The average Bonchev–Trinajstić information content (AvgIpc) is 2.92. The van der Waals surface area contributed by atoms with Crippen LogP contribution < -0.4 is 5.32 Å². The summed E-state index contributed by atoms with van der Waals surface area (Å²) in [5, 5.41) is 6.79. The first-order valence-corrected chi connectivity index (χ1v) is 7.28. The lowest BCUT2D eigenvalue weighted by Gasteiger charge is -2.05. The molecule has 0 saturated carbocycles. The Balaban J connectivity index is 1.69. The number of aryl methyl sites for hydroxylation is 1. The molecular formula is C16H16N2S. The van der Waals surface area contributed by atoms with E-state index in [4.69, 9.17) is 0 Å². The zero-order valence-electron chi connectivity index (χ0n) is 10.9. The Labute approximate surface area is 117 Å². The highest BCUT2D eigenvalue weighted by Gasteiger charge is 1.99. The lowest BCUT2D eigenvalue weighted by atomic mass is 10.1. The zero-order chi connectivity index (χ0) is 13.1. The van der Waals surface area contributed by atoms with Crippen molar-refractivity contribution in [3.05, 3.63) is 64.0 Å². The molecule has 0 amide bonds. The van der Waals surface area contributed by atoms with Gasteiger partial charge in [-0.2, -0.15) is 0 Å². The molecule has 2 nitrogen and oxygen atoms in total. The molecule has 0 atom stereocenters. The van der Waals surface area contributed by atoms with Gasteiger partial charge in [0.1, 0.15) is 0 Å². The largest absolute Gasteiger partial charge is 0.308 e. The van der Waals surface area contributed by atoms with Crippen molar-refractivity contribution in [2.45, 2.75) is 20.0 Å². The SMILES string of the molecule is Cc1ccc2cc(CNCc3cccs3)ccc2n1. The summed E-state index contributed by atoms with van der Waals surface area (Å²) in [5.41, 5.74) is 3.44. The summed E-state index contributed by atoms with van der Waals surface area (Å²) in [5.74, 6) is 0. The summed E-state index contributed by atoms with van der Waals surface area (Å²) < 4.78 is 0. The van der Waals surface area contributed by atoms with E-state index in [9.17, 15) is 0 Å². The molecule has 0 unspecified atom stereocenters. The van der Waals surface area contributed by atoms with E-state index >= 15 is 0 Å². The number of nitrogens with zero attached hydrogens (tertiary/aromatic N) is 1. The third-order valence-electron chi connectivity index (χ3n) is 3.10. The van der Waals surface area contributed by atoms with Gasteiger partial charge >= 0.3 is 0 Å². The Morgan fingerprint density at radius 3 is 2.89 bits per heavy atom. The molecule has 0 aliphatic rings. The molecule has 1 N–H and O–H groups in total. The molecule has 1 aromatic carbocycles. The van der Waals surface area contributed by atoms with Gasteiger partial charge in [-0.1, -0.05) is 18.2 Å². The van der Waals surface area contributed by atoms with Crippen LogP contribution in [-0.2, 0) is 13.1 Å². The van der Waals surface area contributed by atoms with Gasteiger partial charge in [-0.15, -0.1) is 11.3 Å². The van der Waals surface area contributed by atoms with Gasteiger partial charge in [-0.05, 0) is 42.1 Å². The van der Waals surface area contributed by atoms with Crippen LogP contribution in [0.4, 0.5) is 0 Å². The Bertz CT molecular complexity index is 674. The smallest absolute Gasteiger partial charge is 0.0705 e. The van der Waals surface area contributed by atoms with Crippen LogP contribution in [0, 0.1) is 6.92 Å². The number of aromatic nitrogens is 1. The number of fused-ring (bicyclic) bond motifs is 1. The summed E-state index contributed by atoms with van der Waals surface area (Å²) in [7, 11) is 0. The highest BCUT2D eigenvalue weighted by molar-refractivity contribution is 7.09. The van der Waals surface area contributed by atoms with Gasteiger partial charge in [-0.3, -0.25) is 4.98 Å². The first-order chi connectivity index (χ1) is 9.31. The topological polar surface area (TPSA) is 24.9 Å². The predicted octanol–water partition coefficient (Wildman–Crippen LogP) is 3.89. The first-order valence-electron chi connectivity index (χ1n) is 6.41. The molecule has 0 saturated heterocycles. The maximum absolute atomic E-state index is 4.52. The lowest BCUT2D eigenvalue weighted by Crippen LogP contribution is -2.11. The van der Waals surface area contributed by atoms with E-state index in [-0.39, 0.29) is 0 Å². The molecule has 2 heterocycles. The van der Waals surface area contributed by atoms with E-state index in [1.807, 2.05) is 6.92 Å². The van der Waals surface area contributed by atoms with Crippen LogP contribution in [-0.4, -0.2) is 4.98 Å². The minimum Gasteiger partial charge on any atom is -0.308 e. The number of thiophene rings is 1. The Hall–Kier alpha value is -1.71. The second-order valence-electron chi connectivity index (χ2n) is 4.66. The monoisotopic (exact) mass is 268 g/mol. The maximum atomic E-state index is 4.52. The molecule has 96 valence electrons. The van der Waals surface area contributed by atoms with E-state index in [0.717, 1.165) is 24.3 Å². The Morgan fingerprint density at radius 2 is 2.05 bits per heavy atom. The summed E-state index contributed by atoms with van der Waals surface area (Å²) in [6.45, 7) is 3.85. The molecule has 2 aromatic heterocycles. The van der Waals surface area contributed by atoms with Gasteiger partial charge in [0.15, 0.2) is 0 Å². The van der Waals surface area contributed by atoms with Crippen molar-refractivity contribution in [2.24, 2.45) is 0 Å². The number of hydrogen-bond acceptors (Lipinski definition) is 3. The van der Waals surface area contributed by atoms with Gasteiger partial charge in [0.05, 0.1) is 5.52 Å². The maximum Gasteiger partial charge on any atom is 0.0705 e. The van der Waals surface area contributed by atoms with E-state index in [1.54, 1.807) is 11.3 Å². The predicted molar refractivity (Wildman–Crippen MR) is 81.3 cm³/mol. The van der Waals surface area contributed by atoms with Crippen molar-refractivity contribution >= 4 is 22.2 Å². The molecule has 0 aliphatic carbocycles.